The standard InChI is InChI=1S/C12H24N4/c1-4-5-6-7-8-11(14-13)12-9-10(2)15-16(12)3/h9,11,14H,4-8,13H2,1-3H3. The van der Waals surface area contributed by atoms with Gasteiger partial charge in [0.2, 0.25) is 0 Å². The van der Waals surface area contributed by atoms with Crippen LogP contribution in [0.15, 0.2) is 6.07 Å². The number of nitrogens with one attached hydrogen (secondary N) is 1. The molecule has 1 aromatic rings. The fraction of sp³-hybridized carbons (Fsp3) is 0.750. The maximum Gasteiger partial charge on any atom is 0.0629 e. The number of rotatable bonds is 7. The van der Waals surface area contributed by atoms with E-state index in [1.165, 1.54) is 31.4 Å². The molecule has 0 spiro atoms. The molecule has 1 atom stereocenters. The van der Waals surface area contributed by atoms with Crippen LogP contribution in [0.5, 0.6) is 0 Å². The lowest BCUT2D eigenvalue weighted by molar-refractivity contribution is 0.455. The normalized spacial score (nSPS) is 13.0. The molecule has 92 valence electrons. The molecular weight excluding hydrogens is 200 g/mol. The fourth-order valence-electron chi connectivity index (χ4n) is 2.05. The van der Waals surface area contributed by atoms with Crippen LogP contribution >= 0.6 is 0 Å². The maximum atomic E-state index is 5.61. The molecule has 0 fully saturated rings. The molecule has 16 heavy (non-hydrogen) atoms. The van der Waals surface area contributed by atoms with Gasteiger partial charge in [-0.3, -0.25) is 16.0 Å². The number of hydrazine groups is 1. The predicted molar refractivity (Wildman–Crippen MR) is 66.8 cm³/mol. The molecule has 0 aliphatic rings. The number of hydrogen-bond donors (Lipinski definition) is 2. The van der Waals surface area contributed by atoms with Gasteiger partial charge in [-0.25, -0.2) is 0 Å². The van der Waals surface area contributed by atoms with Crippen molar-refractivity contribution >= 4 is 0 Å². The number of aryl methyl sites for hydroxylation is 2. The number of hydrogen-bond acceptors (Lipinski definition) is 3. The van der Waals surface area contributed by atoms with Crippen molar-refractivity contribution in [1.82, 2.24) is 15.2 Å². The third-order valence-electron chi connectivity index (χ3n) is 2.94. The Morgan fingerprint density at radius 1 is 1.44 bits per heavy atom. The first-order valence-corrected chi connectivity index (χ1v) is 6.15. The van der Waals surface area contributed by atoms with Gasteiger partial charge in [-0.05, 0) is 19.4 Å². The van der Waals surface area contributed by atoms with Crippen LogP contribution < -0.4 is 11.3 Å². The van der Waals surface area contributed by atoms with Crippen LogP contribution in [0.4, 0.5) is 0 Å². The van der Waals surface area contributed by atoms with Crippen molar-refractivity contribution in [3.05, 3.63) is 17.5 Å². The molecule has 0 saturated carbocycles. The molecule has 1 unspecified atom stereocenters. The zero-order valence-corrected chi connectivity index (χ0v) is 10.7. The lowest BCUT2D eigenvalue weighted by Crippen LogP contribution is -2.29. The van der Waals surface area contributed by atoms with E-state index < -0.39 is 0 Å². The first-order chi connectivity index (χ1) is 7.69. The van der Waals surface area contributed by atoms with E-state index in [4.69, 9.17) is 5.84 Å². The van der Waals surface area contributed by atoms with Gasteiger partial charge < -0.3 is 0 Å². The van der Waals surface area contributed by atoms with Gasteiger partial charge in [0.15, 0.2) is 0 Å². The van der Waals surface area contributed by atoms with Crippen molar-refractivity contribution in [2.24, 2.45) is 12.9 Å². The highest BCUT2D eigenvalue weighted by Crippen LogP contribution is 2.19. The Bertz CT molecular complexity index is 306. The summed E-state index contributed by atoms with van der Waals surface area (Å²) in [5.74, 6) is 5.61. The summed E-state index contributed by atoms with van der Waals surface area (Å²) in [6, 6.07) is 2.33. The lowest BCUT2D eigenvalue weighted by atomic mass is 10.0. The van der Waals surface area contributed by atoms with Gasteiger partial charge >= 0.3 is 0 Å². The van der Waals surface area contributed by atoms with Gasteiger partial charge in [0, 0.05) is 7.05 Å². The van der Waals surface area contributed by atoms with Gasteiger partial charge in [0.25, 0.3) is 0 Å². The van der Waals surface area contributed by atoms with E-state index in [0.717, 1.165) is 12.1 Å². The minimum atomic E-state index is 0.225. The van der Waals surface area contributed by atoms with E-state index >= 15 is 0 Å². The quantitative estimate of drug-likeness (QED) is 0.424. The molecule has 0 radical (unpaired) electrons. The van der Waals surface area contributed by atoms with Crippen molar-refractivity contribution in [2.75, 3.05) is 0 Å². The molecule has 4 nitrogen and oxygen atoms in total. The summed E-state index contributed by atoms with van der Waals surface area (Å²) in [5, 5.41) is 4.35. The third kappa shape index (κ3) is 3.61. The topological polar surface area (TPSA) is 55.9 Å². The number of nitrogens with zero attached hydrogens (tertiary/aromatic N) is 2. The van der Waals surface area contributed by atoms with Gasteiger partial charge in [0.05, 0.1) is 17.4 Å². The molecule has 3 N–H and O–H groups in total. The molecule has 0 aliphatic heterocycles. The van der Waals surface area contributed by atoms with Gasteiger partial charge in [0.1, 0.15) is 0 Å². The summed E-state index contributed by atoms with van der Waals surface area (Å²) in [4.78, 5) is 0. The molecule has 1 heterocycles. The zero-order chi connectivity index (χ0) is 12.0. The highest BCUT2D eigenvalue weighted by Gasteiger charge is 2.13. The van der Waals surface area contributed by atoms with E-state index in [9.17, 15) is 0 Å². The van der Waals surface area contributed by atoms with Crippen LogP contribution in [0.3, 0.4) is 0 Å². The average Bonchev–Trinajstić information content (AvgIpc) is 2.58. The first-order valence-electron chi connectivity index (χ1n) is 6.15. The maximum absolute atomic E-state index is 5.61. The molecule has 1 rings (SSSR count). The number of nitrogens with two attached hydrogens (primary N) is 1. The smallest absolute Gasteiger partial charge is 0.0629 e. The Kier molecular flexibility index (Phi) is 5.49. The number of aromatic nitrogens is 2. The third-order valence-corrected chi connectivity index (χ3v) is 2.94. The molecule has 0 aliphatic carbocycles. The Balaban J connectivity index is 2.50. The summed E-state index contributed by atoms with van der Waals surface area (Å²) in [6.45, 7) is 4.23. The molecule has 4 heteroatoms. The fourth-order valence-corrected chi connectivity index (χ4v) is 2.05. The highest BCUT2D eigenvalue weighted by atomic mass is 15.3. The van der Waals surface area contributed by atoms with Crippen molar-refractivity contribution in [3.63, 3.8) is 0 Å². The first kappa shape index (κ1) is 13.2. The minimum absolute atomic E-state index is 0.225. The van der Waals surface area contributed by atoms with Gasteiger partial charge in [-0.2, -0.15) is 5.10 Å². The van der Waals surface area contributed by atoms with E-state index in [-0.39, 0.29) is 6.04 Å². The summed E-state index contributed by atoms with van der Waals surface area (Å²) >= 11 is 0. The average molecular weight is 224 g/mol. The second-order valence-corrected chi connectivity index (χ2v) is 4.40. The molecule has 1 aromatic heterocycles. The highest BCUT2D eigenvalue weighted by molar-refractivity contribution is 5.12. The lowest BCUT2D eigenvalue weighted by Gasteiger charge is -2.15. The van der Waals surface area contributed by atoms with E-state index in [1.807, 2.05) is 18.7 Å². The molecule has 0 saturated heterocycles. The van der Waals surface area contributed by atoms with Crippen LogP contribution in [0.1, 0.15) is 56.5 Å². The summed E-state index contributed by atoms with van der Waals surface area (Å²) in [6.07, 6.45) is 6.15. The summed E-state index contributed by atoms with van der Waals surface area (Å²) in [5.41, 5.74) is 5.11. The van der Waals surface area contributed by atoms with Crippen molar-refractivity contribution in [1.29, 1.82) is 0 Å². The molecular formula is C12H24N4. The molecule has 0 bridgehead atoms. The van der Waals surface area contributed by atoms with E-state index in [0.29, 0.717) is 0 Å². The van der Waals surface area contributed by atoms with Crippen LogP contribution in [-0.4, -0.2) is 9.78 Å². The van der Waals surface area contributed by atoms with E-state index in [2.05, 4.69) is 23.5 Å². The van der Waals surface area contributed by atoms with E-state index in [1.54, 1.807) is 0 Å². The van der Waals surface area contributed by atoms with Crippen LogP contribution in [-0.2, 0) is 7.05 Å². The second kappa shape index (κ2) is 6.66. The largest absolute Gasteiger partial charge is 0.271 e. The molecule has 0 amide bonds. The van der Waals surface area contributed by atoms with Crippen molar-refractivity contribution < 1.29 is 0 Å². The number of unbranched alkanes of at least 4 members (excludes halogenated alkanes) is 3. The van der Waals surface area contributed by atoms with Crippen LogP contribution in [0.25, 0.3) is 0 Å². The Morgan fingerprint density at radius 3 is 2.69 bits per heavy atom. The minimum Gasteiger partial charge on any atom is -0.271 e. The van der Waals surface area contributed by atoms with Crippen molar-refractivity contribution in [3.8, 4) is 0 Å². The molecule has 0 aromatic carbocycles. The zero-order valence-electron chi connectivity index (χ0n) is 10.7. The Hall–Kier alpha value is -0.870. The van der Waals surface area contributed by atoms with Crippen LogP contribution in [0, 0.1) is 6.92 Å². The second-order valence-electron chi connectivity index (χ2n) is 4.40. The predicted octanol–water partition coefficient (Wildman–Crippen LogP) is 2.20. The van der Waals surface area contributed by atoms with Gasteiger partial charge in [-0.15, -0.1) is 0 Å². The van der Waals surface area contributed by atoms with Crippen LogP contribution in [0.2, 0.25) is 0 Å². The SMILES string of the molecule is CCCCCCC(NN)c1cc(C)nn1C. The monoisotopic (exact) mass is 224 g/mol. The van der Waals surface area contributed by atoms with Gasteiger partial charge in [-0.1, -0.05) is 32.6 Å². The summed E-state index contributed by atoms with van der Waals surface area (Å²) in [7, 11) is 1.97. The Labute approximate surface area is 98.2 Å². The van der Waals surface area contributed by atoms with Crippen molar-refractivity contribution in [2.45, 2.75) is 52.0 Å². The summed E-state index contributed by atoms with van der Waals surface area (Å²) < 4.78 is 1.92. The Morgan fingerprint density at radius 2 is 2.19 bits per heavy atom.